The third-order valence-corrected chi connectivity index (χ3v) is 3.57. The van der Waals surface area contributed by atoms with Crippen molar-refractivity contribution in [2.45, 2.75) is 44.5 Å². The van der Waals surface area contributed by atoms with Gasteiger partial charge in [-0.05, 0) is 37.0 Å². The Morgan fingerprint density at radius 1 is 1.28 bits per heavy atom. The van der Waals surface area contributed by atoms with E-state index in [1.165, 1.54) is 12.1 Å². The average Bonchev–Trinajstić information content (AvgIpc) is 3.16. The number of anilines is 1. The van der Waals surface area contributed by atoms with Crippen LogP contribution in [0.15, 0.2) is 12.1 Å². The fourth-order valence-corrected chi connectivity index (χ4v) is 2.32. The molecule has 1 aromatic rings. The molecular weight excluding hydrogens is 256 g/mol. The van der Waals surface area contributed by atoms with Gasteiger partial charge in [-0.1, -0.05) is 13.3 Å². The second kappa shape index (κ2) is 5.87. The molecule has 0 N–H and O–H groups in total. The molecule has 1 nitrogen and oxygen atoms in total. The lowest BCUT2D eigenvalue weighted by Crippen LogP contribution is -2.28. The number of hydrogen-bond donors (Lipinski definition) is 0. The molecular formula is C14H18ClF2N. The zero-order chi connectivity index (χ0) is 13.1. The smallest absolute Gasteiger partial charge is 0.149 e. The van der Waals surface area contributed by atoms with Gasteiger partial charge in [0.15, 0.2) is 0 Å². The molecule has 0 atom stereocenters. The predicted molar refractivity (Wildman–Crippen MR) is 71.2 cm³/mol. The first-order chi connectivity index (χ1) is 8.67. The van der Waals surface area contributed by atoms with Crippen LogP contribution >= 0.6 is 11.6 Å². The third-order valence-electron chi connectivity index (χ3n) is 3.26. The highest BCUT2D eigenvalue weighted by atomic mass is 35.5. The van der Waals surface area contributed by atoms with Crippen LogP contribution < -0.4 is 4.90 Å². The molecule has 0 bridgehead atoms. The highest BCUT2D eigenvalue weighted by molar-refractivity contribution is 6.17. The quantitative estimate of drug-likeness (QED) is 0.691. The zero-order valence-electron chi connectivity index (χ0n) is 10.6. The van der Waals surface area contributed by atoms with E-state index >= 15 is 0 Å². The molecule has 18 heavy (non-hydrogen) atoms. The lowest BCUT2D eigenvalue weighted by atomic mass is 10.1. The van der Waals surface area contributed by atoms with Crippen LogP contribution in [0.25, 0.3) is 0 Å². The van der Waals surface area contributed by atoms with Gasteiger partial charge in [-0.25, -0.2) is 8.78 Å². The van der Waals surface area contributed by atoms with Gasteiger partial charge in [-0.3, -0.25) is 0 Å². The molecule has 1 aliphatic rings. The lowest BCUT2D eigenvalue weighted by Gasteiger charge is -2.25. The zero-order valence-corrected chi connectivity index (χ0v) is 11.3. The van der Waals surface area contributed by atoms with Crippen molar-refractivity contribution in [3.63, 3.8) is 0 Å². The summed E-state index contributed by atoms with van der Waals surface area (Å²) in [6, 6.07) is 2.99. The SMILES string of the molecule is CCCCN(c1c(F)cc(CCl)cc1F)C1CC1. The van der Waals surface area contributed by atoms with Gasteiger partial charge in [0.1, 0.15) is 17.3 Å². The molecule has 1 saturated carbocycles. The van der Waals surface area contributed by atoms with Crippen molar-refractivity contribution < 1.29 is 8.78 Å². The Labute approximate surface area is 112 Å². The van der Waals surface area contributed by atoms with Gasteiger partial charge in [0.05, 0.1) is 0 Å². The minimum absolute atomic E-state index is 0.125. The number of alkyl halides is 1. The van der Waals surface area contributed by atoms with Crippen molar-refractivity contribution in [3.05, 3.63) is 29.3 Å². The third kappa shape index (κ3) is 2.94. The number of rotatable bonds is 6. The molecule has 1 aliphatic carbocycles. The summed E-state index contributed by atoms with van der Waals surface area (Å²) in [5.41, 5.74) is 0.612. The van der Waals surface area contributed by atoms with Gasteiger partial charge in [0, 0.05) is 18.5 Å². The Balaban J connectivity index is 2.28. The Hall–Kier alpha value is -0.830. The maximum absolute atomic E-state index is 14.0. The minimum atomic E-state index is -0.492. The van der Waals surface area contributed by atoms with Crippen molar-refractivity contribution in [2.75, 3.05) is 11.4 Å². The summed E-state index contributed by atoms with van der Waals surface area (Å²) >= 11 is 5.61. The maximum atomic E-state index is 14.0. The molecule has 100 valence electrons. The number of halogens is 3. The van der Waals surface area contributed by atoms with Gasteiger partial charge in [-0.15, -0.1) is 11.6 Å². The number of nitrogens with zero attached hydrogens (tertiary/aromatic N) is 1. The first-order valence-electron chi connectivity index (χ1n) is 6.48. The Bertz CT molecular complexity index is 395. The van der Waals surface area contributed by atoms with Crippen LogP contribution in [0.5, 0.6) is 0 Å². The van der Waals surface area contributed by atoms with Crippen LogP contribution in [0, 0.1) is 11.6 Å². The molecule has 1 aromatic carbocycles. The normalized spacial score (nSPS) is 14.9. The van der Waals surface area contributed by atoms with E-state index in [1.807, 2.05) is 4.90 Å². The van der Waals surface area contributed by atoms with Crippen LogP contribution in [-0.4, -0.2) is 12.6 Å². The van der Waals surface area contributed by atoms with Crippen LogP contribution in [0.2, 0.25) is 0 Å². The topological polar surface area (TPSA) is 3.24 Å². The van der Waals surface area contributed by atoms with Gasteiger partial charge < -0.3 is 4.90 Å². The first-order valence-corrected chi connectivity index (χ1v) is 7.01. The summed E-state index contributed by atoms with van der Waals surface area (Å²) in [6.07, 6.45) is 4.03. The molecule has 0 saturated heterocycles. The molecule has 0 unspecified atom stereocenters. The second-order valence-electron chi connectivity index (χ2n) is 4.82. The summed E-state index contributed by atoms with van der Waals surface area (Å²) in [7, 11) is 0. The van der Waals surface area contributed by atoms with Gasteiger partial charge in [0.2, 0.25) is 0 Å². The van der Waals surface area contributed by atoms with Crippen molar-refractivity contribution in [1.82, 2.24) is 0 Å². The number of unbranched alkanes of at least 4 members (excludes halogenated alkanes) is 1. The van der Waals surface area contributed by atoms with E-state index in [0.29, 0.717) is 11.6 Å². The van der Waals surface area contributed by atoms with Crippen LogP contribution in [-0.2, 0) is 5.88 Å². The van der Waals surface area contributed by atoms with Crippen LogP contribution in [0.3, 0.4) is 0 Å². The molecule has 0 aromatic heterocycles. The van der Waals surface area contributed by atoms with E-state index in [1.54, 1.807) is 0 Å². The molecule has 4 heteroatoms. The summed E-state index contributed by atoms with van der Waals surface area (Å²) in [5, 5.41) is 0. The van der Waals surface area contributed by atoms with Gasteiger partial charge >= 0.3 is 0 Å². The number of benzene rings is 1. The predicted octanol–water partition coefficient (Wildman–Crippen LogP) is 4.47. The Morgan fingerprint density at radius 3 is 2.33 bits per heavy atom. The van der Waals surface area contributed by atoms with Crippen molar-refractivity contribution in [3.8, 4) is 0 Å². The molecule has 2 rings (SSSR count). The molecule has 0 spiro atoms. The van der Waals surface area contributed by atoms with E-state index in [0.717, 1.165) is 32.2 Å². The Morgan fingerprint density at radius 2 is 1.89 bits per heavy atom. The fraction of sp³-hybridized carbons (Fsp3) is 0.571. The Kier molecular flexibility index (Phi) is 4.44. The second-order valence-corrected chi connectivity index (χ2v) is 5.09. The summed E-state index contributed by atoms with van der Waals surface area (Å²) in [4.78, 5) is 1.88. The summed E-state index contributed by atoms with van der Waals surface area (Å²) in [6.45, 7) is 2.80. The minimum Gasteiger partial charge on any atom is -0.364 e. The molecule has 0 heterocycles. The van der Waals surface area contributed by atoms with E-state index < -0.39 is 11.6 Å². The highest BCUT2D eigenvalue weighted by Gasteiger charge is 2.32. The molecule has 0 amide bonds. The average molecular weight is 274 g/mol. The summed E-state index contributed by atoms with van der Waals surface area (Å²) < 4.78 is 28.0. The van der Waals surface area contributed by atoms with Crippen LogP contribution in [0.1, 0.15) is 38.2 Å². The van der Waals surface area contributed by atoms with Crippen molar-refractivity contribution >= 4 is 17.3 Å². The van der Waals surface area contributed by atoms with Crippen molar-refractivity contribution in [1.29, 1.82) is 0 Å². The largest absolute Gasteiger partial charge is 0.364 e. The molecule has 1 fully saturated rings. The molecule has 0 radical (unpaired) electrons. The monoisotopic (exact) mass is 273 g/mol. The molecule has 0 aliphatic heterocycles. The highest BCUT2D eigenvalue weighted by Crippen LogP contribution is 2.35. The van der Waals surface area contributed by atoms with Crippen molar-refractivity contribution in [2.24, 2.45) is 0 Å². The maximum Gasteiger partial charge on any atom is 0.149 e. The lowest BCUT2D eigenvalue weighted by molar-refractivity contribution is 0.562. The fourth-order valence-electron chi connectivity index (χ4n) is 2.16. The van der Waals surface area contributed by atoms with E-state index in [2.05, 4.69) is 6.92 Å². The van der Waals surface area contributed by atoms with E-state index in [4.69, 9.17) is 11.6 Å². The van der Waals surface area contributed by atoms with Gasteiger partial charge in [-0.2, -0.15) is 0 Å². The van der Waals surface area contributed by atoms with Crippen LogP contribution in [0.4, 0.5) is 14.5 Å². The first kappa shape index (κ1) is 13.6. The van der Waals surface area contributed by atoms with E-state index in [-0.39, 0.29) is 11.6 Å². The van der Waals surface area contributed by atoms with Gasteiger partial charge in [0.25, 0.3) is 0 Å². The summed E-state index contributed by atoms with van der Waals surface area (Å²) in [5.74, 6) is -0.853. The number of hydrogen-bond acceptors (Lipinski definition) is 1. The standard InChI is InChI=1S/C14H18ClF2N/c1-2-3-6-18(11-4-5-11)14-12(16)7-10(9-15)8-13(14)17/h7-8,11H,2-6,9H2,1H3. The van der Waals surface area contributed by atoms with E-state index in [9.17, 15) is 8.78 Å².